The number of rotatable bonds is 7. The average Bonchev–Trinajstić information content (AvgIpc) is 2.54. The Kier molecular flexibility index (Phi) is 5.74. The third-order valence-electron chi connectivity index (χ3n) is 2.93. The number of benzene rings is 1. The van der Waals surface area contributed by atoms with Crippen molar-refractivity contribution in [3.63, 3.8) is 0 Å². The molecule has 2 aromatic rings. The molecule has 0 aliphatic rings. The van der Waals surface area contributed by atoms with Crippen molar-refractivity contribution in [3.8, 4) is 5.75 Å². The van der Waals surface area contributed by atoms with E-state index < -0.39 is 0 Å². The highest BCUT2D eigenvalue weighted by molar-refractivity contribution is 6.02. The summed E-state index contributed by atoms with van der Waals surface area (Å²) in [5, 5.41) is 5.91. The van der Waals surface area contributed by atoms with Crippen molar-refractivity contribution in [2.75, 3.05) is 17.2 Å². The van der Waals surface area contributed by atoms with E-state index in [-0.39, 0.29) is 12.0 Å². The number of pyridine rings is 1. The van der Waals surface area contributed by atoms with Crippen LogP contribution in [-0.2, 0) is 0 Å². The van der Waals surface area contributed by atoms with Crippen LogP contribution in [0.4, 0.5) is 11.4 Å². The molecule has 0 spiro atoms. The van der Waals surface area contributed by atoms with Gasteiger partial charge < -0.3 is 15.4 Å². The molecule has 0 radical (unpaired) electrons. The minimum atomic E-state index is -0.252. The SMILES string of the molecule is C=CCNc1ccc(C(=O)Nc2ccc(OC(C)C)cc2)nc1. The van der Waals surface area contributed by atoms with Gasteiger partial charge in [0.15, 0.2) is 0 Å². The molecule has 23 heavy (non-hydrogen) atoms. The molecule has 0 fully saturated rings. The van der Waals surface area contributed by atoms with E-state index >= 15 is 0 Å². The molecule has 0 unspecified atom stereocenters. The lowest BCUT2D eigenvalue weighted by atomic mass is 10.2. The zero-order chi connectivity index (χ0) is 16.7. The van der Waals surface area contributed by atoms with Crippen molar-refractivity contribution in [2.45, 2.75) is 20.0 Å². The molecule has 1 amide bonds. The minimum absolute atomic E-state index is 0.118. The van der Waals surface area contributed by atoms with E-state index in [0.717, 1.165) is 11.4 Å². The van der Waals surface area contributed by atoms with Crippen LogP contribution in [0.5, 0.6) is 5.75 Å². The molecule has 5 nitrogen and oxygen atoms in total. The Balaban J connectivity index is 1.96. The zero-order valence-corrected chi connectivity index (χ0v) is 13.4. The average molecular weight is 311 g/mol. The molecule has 1 heterocycles. The Morgan fingerprint density at radius 3 is 2.48 bits per heavy atom. The predicted octanol–water partition coefficient (Wildman–Crippen LogP) is 3.72. The van der Waals surface area contributed by atoms with E-state index in [2.05, 4.69) is 22.2 Å². The Morgan fingerprint density at radius 1 is 1.22 bits per heavy atom. The Bertz CT molecular complexity index is 649. The molecule has 120 valence electrons. The Labute approximate surface area is 136 Å². The highest BCUT2D eigenvalue weighted by Crippen LogP contribution is 2.17. The number of hydrogen-bond acceptors (Lipinski definition) is 4. The van der Waals surface area contributed by atoms with Crippen molar-refractivity contribution in [2.24, 2.45) is 0 Å². The summed E-state index contributed by atoms with van der Waals surface area (Å²) in [6.45, 7) is 8.22. The number of aromatic nitrogens is 1. The first kappa shape index (κ1) is 16.5. The summed E-state index contributed by atoms with van der Waals surface area (Å²) in [7, 11) is 0. The van der Waals surface area contributed by atoms with Crippen LogP contribution in [0.25, 0.3) is 0 Å². The number of carbonyl (C=O) groups excluding carboxylic acids is 1. The number of amides is 1. The number of ether oxygens (including phenoxy) is 1. The first-order valence-corrected chi connectivity index (χ1v) is 7.47. The predicted molar refractivity (Wildman–Crippen MR) is 93.1 cm³/mol. The summed E-state index contributed by atoms with van der Waals surface area (Å²) in [5.74, 6) is 0.520. The van der Waals surface area contributed by atoms with Gasteiger partial charge in [0.05, 0.1) is 18.0 Å². The quantitative estimate of drug-likeness (QED) is 0.765. The molecule has 0 aliphatic carbocycles. The first-order valence-electron chi connectivity index (χ1n) is 7.47. The second-order valence-corrected chi connectivity index (χ2v) is 5.25. The van der Waals surface area contributed by atoms with Crippen molar-refractivity contribution in [1.29, 1.82) is 0 Å². The lowest BCUT2D eigenvalue weighted by Gasteiger charge is -2.10. The number of anilines is 2. The highest BCUT2D eigenvalue weighted by atomic mass is 16.5. The summed E-state index contributed by atoms with van der Waals surface area (Å²) in [5.41, 5.74) is 1.90. The topological polar surface area (TPSA) is 63.2 Å². The molecule has 0 saturated carbocycles. The number of hydrogen-bond donors (Lipinski definition) is 2. The molecule has 0 atom stereocenters. The fourth-order valence-electron chi connectivity index (χ4n) is 1.91. The summed E-state index contributed by atoms with van der Waals surface area (Å²) >= 11 is 0. The molecule has 1 aromatic heterocycles. The van der Waals surface area contributed by atoms with E-state index in [9.17, 15) is 4.79 Å². The summed E-state index contributed by atoms with van der Waals surface area (Å²) in [4.78, 5) is 16.3. The summed E-state index contributed by atoms with van der Waals surface area (Å²) in [6.07, 6.45) is 3.50. The van der Waals surface area contributed by atoms with Gasteiger partial charge >= 0.3 is 0 Å². The number of nitrogens with one attached hydrogen (secondary N) is 2. The van der Waals surface area contributed by atoms with Gasteiger partial charge in [-0.1, -0.05) is 6.08 Å². The maximum absolute atomic E-state index is 12.2. The van der Waals surface area contributed by atoms with Gasteiger partial charge in [-0.2, -0.15) is 0 Å². The van der Waals surface area contributed by atoms with Gasteiger partial charge in [0.1, 0.15) is 11.4 Å². The molecular formula is C18H21N3O2. The molecule has 0 saturated heterocycles. The summed E-state index contributed by atoms with van der Waals surface area (Å²) in [6, 6.07) is 10.7. The van der Waals surface area contributed by atoms with Gasteiger partial charge in [0.2, 0.25) is 0 Å². The normalized spacial score (nSPS) is 10.2. The van der Waals surface area contributed by atoms with E-state index in [1.54, 1.807) is 30.5 Å². The van der Waals surface area contributed by atoms with Crippen LogP contribution < -0.4 is 15.4 Å². The van der Waals surface area contributed by atoms with E-state index in [1.807, 2.05) is 32.0 Å². The van der Waals surface area contributed by atoms with E-state index in [4.69, 9.17) is 4.74 Å². The third-order valence-corrected chi connectivity index (χ3v) is 2.93. The lowest BCUT2D eigenvalue weighted by molar-refractivity contribution is 0.102. The number of carbonyl (C=O) groups is 1. The fraction of sp³-hybridized carbons (Fsp3) is 0.222. The van der Waals surface area contributed by atoms with Crippen LogP contribution in [-0.4, -0.2) is 23.5 Å². The van der Waals surface area contributed by atoms with Gasteiger partial charge in [-0.05, 0) is 50.2 Å². The molecule has 0 bridgehead atoms. The second kappa shape index (κ2) is 7.98. The smallest absolute Gasteiger partial charge is 0.274 e. The van der Waals surface area contributed by atoms with Crippen LogP contribution >= 0.6 is 0 Å². The number of nitrogens with zero attached hydrogens (tertiary/aromatic N) is 1. The molecule has 2 rings (SSSR count). The summed E-state index contributed by atoms with van der Waals surface area (Å²) < 4.78 is 5.57. The largest absolute Gasteiger partial charge is 0.491 e. The van der Waals surface area contributed by atoms with Crippen molar-refractivity contribution in [3.05, 3.63) is 60.9 Å². The van der Waals surface area contributed by atoms with Crippen molar-refractivity contribution in [1.82, 2.24) is 4.98 Å². The standard InChI is InChI=1S/C18H21N3O2/c1-4-11-19-15-7-10-17(20-12-15)18(22)21-14-5-8-16(9-6-14)23-13(2)3/h4-10,12-13,19H,1,11H2,2-3H3,(H,21,22). The lowest BCUT2D eigenvalue weighted by Crippen LogP contribution is -2.14. The van der Waals surface area contributed by atoms with E-state index in [1.165, 1.54) is 0 Å². The Morgan fingerprint density at radius 2 is 1.91 bits per heavy atom. The van der Waals surface area contributed by atoms with Gasteiger partial charge in [0.25, 0.3) is 5.91 Å². The van der Waals surface area contributed by atoms with Gasteiger partial charge in [0, 0.05) is 12.2 Å². The van der Waals surface area contributed by atoms with Crippen molar-refractivity contribution < 1.29 is 9.53 Å². The fourth-order valence-corrected chi connectivity index (χ4v) is 1.91. The van der Waals surface area contributed by atoms with Crippen LogP contribution in [0.2, 0.25) is 0 Å². The van der Waals surface area contributed by atoms with Gasteiger partial charge in [-0.25, -0.2) is 4.98 Å². The maximum Gasteiger partial charge on any atom is 0.274 e. The molecule has 2 N–H and O–H groups in total. The molecular weight excluding hydrogens is 290 g/mol. The first-order chi connectivity index (χ1) is 11.1. The third kappa shape index (κ3) is 5.14. The zero-order valence-electron chi connectivity index (χ0n) is 13.4. The molecule has 5 heteroatoms. The van der Waals surface area contributed by atoms with E-state index in [0.29, 0.717) is 17.9 Å². The minimum Gasteiger partial charge on any atom is -0.491 e. The second-order valence-electron chi connectivity index (χ2n) is 5.25. The highest BCUT2D eigenvalue weighted by Gasteiger charge is 2.08. The molecule has 1 aromatic carbocycles. The van der Waals surface area contributed by atoms with Gasteiger partial charge in [-0.15, -0.1) is 6.58 Å². The maximum atomic E-state index is 12.2. The van der Waals surface area contributed by atoms with Crippen LogP contribution in [0.15, 0.2) is 55.3 Å². The van der Waals surface area contributed by atoms with Crippen LogP contribution in [0.1, 0.15) is 24.3 Å². The van der Waals surface area contributed by atoms with Crippen molar-refractivity contribution >= 4 is 17.3 Å². The van der Waals surface area contributed by atoms with Crippen LogP contribution in [0, 0.1) is 0 Å². The Hall–Kier alpha value is -2.82. The van der Waals surface area contributed by atoms with Gasteiger partial charge in [-0.3, -0.25) is 4.79 Å². The monoisotopic (exact) mass is 311 g/mol. The van der Waals surface area contributed by atoms with Crippen LogP contribution in [0.3, 0.4) is 0 Å². The molecule has 0 aliphatic heterocycles.